The van der Waals surface area contributed by atoms with Gasteiger partial charge in [-0.1, -0.05) is 29.8 Å². The normalized spacial score (nSPS) is 11.4. The molecule has 28 heavy (non-hydrogen) atoms. The third kappa shape index (κ3) is 5.76. The zero-order valence-corrected chi connectivity index (χ0v) is 16.6. The molecule has 0 aliphatic heterocycles. The molecule has 0 aromatic heterocycles. The molecule has 0 unspecified atom stereocenters. The number of rotatable bonds is 7. The van der Waals surface area contributed by atoms with E-state index in [1.165, 1.54) is 30.5 Å². The highest BCUT2D eigenvalue weighted by atomic mass is 35.5. The summed E-state index contributed by atoms with van der Waals surface area (Å²) in [7, 11) is -3.75. The largest absolute Gasteiger partial charge is 0.271 e. The molecule has 2 aromatic rings. The Balaban J connectivity index is 2.11. The molecule has 1 N–H and O–H groups in total. The van der Waals surface area contributed by atoms with Crippen molar-refractivity contribution in [1.29, 1.82) is 0 Å². The van der Waals surface area contributed by atoms with Crippen LogP contribution in [0, 0.1) is 17.0 Å². The molecule has 0 aliphatic rings. The number of non-ortho nitro benzene ring substituents is 1. The lowest BCUT2D eigenvalue weighted by atomic mass is 10.2. The maximum absolute atomic E-state index is 12.1. The first kappa shape index (κ1) is 21.3. The number of benzene rings is 2. The van der Waals surface area contributed by atoms with Crippen LogP contribution in [0.1, 0.15) is 11.1 Å². The predicted molar refractivity (Wildman–Crippen MR) is 107 cm³/mol. The number of carbonyl (C=O) groups excluding carboxylic acids is 1. The van der Waals surface area contributed by atoms with Gasteiger partial charge in [-0.15, -0.1) is 0 Å². The molecule has 2 aromatic carbocycles. The zero-order valence-electron chi connectivity index (χ0n) is 15.0. The number of hydrazone groups is 1. The van der Waals surface area contributed by atoms with Gasteiger partial charge in [-0.3, -0.25) is 19.2 Å². The van der Waals surface area contributed by atoms with Gasteiger partial charge in [0.2, 0.25) is 10.0 Å². The van der Waals surface area contributed by atoms with E-state index < -0.39 is 27.4 Å². The third-order valence-electron chi connectivity index (χ3n) is 3.61. The Hall–Kier alpha value is -2.98. The van der Waals surface area contributed by atoms with E-state index in [0.29, 0.717) is 10.6 Å². The maximum Gasteiger partial charge on any atom is 0.270 e. The predicted octanol–water partition coefficient (Wildman–Crippen LogP) is 2.47. The molecule has 0 atom stereocenters. The summed E-state index contributed by atoms with van der Waals surface area (Å²) in [5.74, 6) is -0.691. The minimum Gasteiger partial charge on any atom is -0.271 e. The number of halogens is 1. The fourth-order valence-electron chi connectivity index (χ4n) is 2.20. The lowest BCUT2D eigenvalue weighted by Gasteiger charge is -2.21. The molecular formula is C17H17ClN4O5S. The number of nitrogens with one attached hydrogen (secondary N) is 1. The average molecular weight is 425 g/mol. The molecule has 0 fully saturated rings. The van der Waals surface area contributed by atoms with Crippen LogP contribution in [-0.4, -0.2) is 38.3 Å². The van der Waals surface area contributed by atoms with Crippen LogP contribution in [0.5, 0.6) is 0 Å². The van der Waals surface area contributed by atoms with Gasteiger partial charge in [0.05, 0.1) is 23.1 Å². The summed E-state index contributed by atoms with van der Waals surface area (Å²) in [6.07, 6.45) is 2.19. The average Bonchev–Trinajstić information content (AvgIpc) is 2.61. The number of nitro groups is 1. The first-order chi connectivity index (χ1) is 13.1. The smallest absolute Gasteiger partial charge is 0.270 e. The molecule has 2 rings (SSSR count). The molecule has 0 aliphatic carbocycles. The number of nitrogens with zero attached hydrogens (tertiary/aromatic N) is 3. The van der Waals surface area contributed by atoms with E-state index in [2.05, 4.69) is 10.5 Å². The summed E-state index contributed by atoms with van der Waals surface area (Å²) in [6, 6.07) is 10.3. The number of carbonyl (C=O) groups is 1. The van der Waals surface area contributed by atoms with E-state index >= 15 is 0 Å². The second-order valence-corrected chi connectivity index (χ2v) is 8.16. The molecule has 0 saturated carbocycles. The van der Waals surface area contributed by atoms with E-state index in [0.717, 1.165) is 16.1 Å². The van der Waals surface area contributed by atoms with Crippen molar-refractivity contribution in [3.05, 3.63) is 68.7 Å². The summed E-state index contributed by atoms with van der Waals surface area (Å²) in [6.45, 7) is 1.26. The highest BCUT2D eigenvalue weighted by Crippen LogP contribution is 2.24. The fraction of sp³-hybridized carbons (Fsp3) is 0.176. The van der Waals surface area contributed by atoms with Crippen LogP contribution in [0.3, 0.4) is 0 Å². The summed E-state index contributed by atoms with van der Waals surface area (Å²) in [4.78, 5) is 22.3. The zero-order chi connectivity index (χ0) is 20.9. The molecular weight excluding hydrogens is 408 g/mol. The summed E-state index contributed by atoms with van der Waals surface area (Å²) in [5, 5.41) is 14.8. The Morgan fingerprint density at radius 1 is 1.32 bits per heavy atom. The van der Waals surface area contributed by atoms with Crippen LogP contribution in [0.4, 0.5) is 11.4 Å². The third-order valence-corrected chi connectivity index (χ3v) is 5.16. The van der Waals surface area contributed by atoms with Crippen molar-refractivity contribution in [1.82, 2.24) is 5.43 Å². The van der Waals surface area contributed by atoms with Gasteiger partial charge in [-0.25, -0.2) is 13.8 Å². The summed E-state index contributed by atoms with van der Waals surface area (Å²) < 4.78 is 25.0. The van der Waals surface area contributed by atoms with Crippen molar-refractivity contribution in [2.75, 3.05) is 17.1 Å². The molecule has 0 radical (unpaired) electrons. The van der Waals surface area contributed by atoms with Gasteiger partial charge in [0.1, 0.15) is 6.54 Å². The van der Waals surface area contributed by atoms with Crippen LogP contribution < -0.4 is 9.73 Å². The van der Waals surface area contributed by atoms with Gasteiger partial charge in [0, 0.05) is 22.7 Å². The van der Waals surface area contributed by atoms with E-state index in [4.69, 9.17) is 11.6 Å². The highest BCUT2D eigenvalue weighted by molar-refractivity contribution is 7.92. The first-order valence-corrected chi connectivity index (χ1v) is 10.1. The highest BCUT2D eigenvalue weighted by Gasteiger charge is 2.21. The Labute approximate surface area is 166 Å². The van der Waals surface area contributed by atoms with Crippen LogP contribution in [0.2, 0.25) is 5.02 Å². The maximum atomic E-state index is 12.1. The first-order valence-electron chi connectivity index (χ1n) is 7.88. The Kier molecular flexibility index (Phi) is 6.71. The van der Waals surface area contributed by atoms with E-state index in [9.17, 15) is 23.3 Å². The van der Waals surface area contributed by atoms with Crippen molar-refractivity contribution in [3.63, 3.8) is 0 Å². The molecule has 0 heterocycles. The van der Waals surface area contributed by atoms with Gasteiger partial charge >= 0.3 is 0 Å². The van der Waals surface area contributed by atoms with E-state index in [1.54, 1.807) is 25.1 Å². The minimum atomic E-state index is -3.75. The number of hydrogen-bond donors (Lipinski definition) is 1. The van der Waals surface area contributed by atoms with Gasteiger partial charge in [-0.2, -0.15) is 5.10 Å². The number of sulfonamides is 1. The fourth-order valence-corrected chi connectivity index (χ4v) is 3.22. The Morgan fingerprint density at radius 2 is 2.04 bits per heavy atom. The monoisotopic (exact) mass is 424 g/mol. The number of amides is 1. The van der Waals surface area contributed by atoms with Crippen molar-refractivity contribution in [2.45, 2.75) is 6.92 Å². The number of hydrogen-bond acceptors (Lipinski definition) is 6. The lowest BCUT2D eigenvalue weighted by Crippen LogP contribution is -2.39. The van der Waals surface area contributed by atoms with Crippen LogP contribution in [-0.2, 0) is 14.8 Å². The van der Waals surface area contributed by atoms with Gasteiger partial charge < -0.3 is 0 Å². The van der Waals surface area contributed by atoms with Crippen molar-refractivity contribution >= 4 is 45.1 Å². The minimum absolute atomic E-state index is 0.116. The van der Waals surface area contributed by atoms with Gasteiger partial charge in [-0.05, 0) is 24.6 Å². The molecule has 148 valence electrons. The molecule has 0 bridgehead atoms. The Bertz CT molecular complexity index is 1040. The van der Waals surface area contributed by atoms with Crippen LogP contribution in [0.15, 0.2) is 47.6 Å². The molecule has 1 amide bonds. The number of nitro benzene ring substituents is 1. The van der Waals surface area contributed by atoms with Crippen molar-refractivity contribution in [3.8, 4) is 0 Å². The quantitative estimate of drug-likeness (QED) is 0.415. The van der Waals surface area contributed by atoms with Crippen molar-refractivity contribution < 1.29 is 18.1 Å². The summed E-state index contributed by atoms with van der Waals surface area (Å²) in [5.41, 5.74) is 3.50. The van der Waals surface area contributed by atoms with Gasteiger partial charge in [0.15, 0.2) is 0 Å². The molecule has 0 saturated heterocycles. The van der Waals surface area contributed by atoms with E-state index in [1.807, 2.05) is 0 Å². The van der Waals surface area contributed by atoms with E-state index in [-0.39, 0.29) is 11.4 Å². The van der Waals surface area contributed by atoms with Crippen molar-refractivity contribution in [2.24, 2.45) is 5.10 Å². The number of anilines is 1. The van der Waals surface area contributed by atoms with Crippen LogP contribution in [0.25, 0.3) is 0 Å². The molecule has 9 nitrogen and oxygen atoms in total. The topological polar surface area (TPSA) is 122 Å². The Morgan fingerprint density at radius 3 is 2.64 bits per heavy atom. The lowest BCUT2D eigenvalue weighted by molar-refractivity contribution is -0.384. The van der Waals surface area contributed by atoms with Gasteiger partial charge in [0.25, 0.3) is 11.6 Å². The SMILES string of the molecule is Cc1ccc(N(CC(=O)N/N=C\c2cccc([N+](=O)[O-])c2)S(C)(=O)=O)cc1Cl. The summed E-state index contributed by atoms with van der Waals surface area (Å²) >= 11 is 6.04. The number of aryl methyl sites for hydroxylation is 1. The molecule has 11 heteroatoms. The molecule has 0 spiro atoms. The second-order valence-electron chi connectivity index (χ2n) is 5.85. The van der Waals surface area contributed by atoms with Crippen LogP contribution >= 0.6 is 11.6 Å². The standard InChI is InChI=1S/C17H17ClN4O5S/c1-12-6-7-14(9-16(12)18)21(28(2,26)27)11-17(23)20-19-10-13-4-3-5-15(8-13)22(24)25/h3-10H,11H2,1-2H3,(H,20,23)/b19-10-. The second kappa shape index (κ2) is 8.81.